The molecule has 1 aliphatic heterocycles. The summed E-state index contributed by atoms with van der Waals surface area (Å²) in [6.45, 7) is 3.08. The highest BCUT2D eigenvalue weighted by atomic mass is 35.5. The summed E-state index contributed by atoms with van der Waals surface area (Å²) in [4.78, 5) is 5.36. The third-order valence-corrected chi connectivity index (χ3v) is 3.54. The van der Waals surface area contributed by atoms with Crippen LogP contribution in [-0.2, 0) is 22.8 Å². The molecule has 0 bridgehead atoms. The van der Waals surface area contributed by atoms with Crippen LogP contribution in [0.3, 0.4) is 0 Å². The Morgan fingerprint density at radius 1 is 1.27 bits per heavy atom. The molecule has 22 heavy (non-hydrogen) atoms. The molecule has 0 saturated heterocycles. The Balaban J connectivity index is 1.66. The van der Waals surface area contributed by atoms with E-state index in [1.165, 1.54) is 5.56 Å². The highest BCUT2D eigenvalue weighted by Gasteiger charge is 2.16. The summed E-state index contributed by atoms with van der Waals surface area (Å²) in [5.41, 5.74) is 4.00. The zero-order chi connectivity index (χ0) is 15.4. The Morgan fingerprint density at radius 3 is 2.91 bits per heavy atom. The van der Waals surface area contributed by atoms with Crippen LogP contribution in [0.1, 0.15) is 22.3 Å². The minimum atomic E-state index is 0.244. The number of fused-ring (bicyclic) bond motifs is 1. The number of halogens is 1. The van der Waals surface area contributed by atoms with Gasteiger partial charge in [0.05, 0.1) is 12.8 Å². The standard InChI is InChI=1S/C17H16ClNO3/c1-12-2-4-13(5-3-12)8-19-22-10-15-7-16(18)6-14-9-20-11-21-17(14)15/h2-8H,9-11H2,1H3/b19-8-. The molecule has 4 nitrogen and oxygen atoms in total. The van der Waals surface area contributed by atoms with Gasteiger partial charge < -0.3 is 14.3 Å². The minimum Gasteiger partial charge on any atom is -0.467 e. The molecule has 0 aromatic heterocycles. The van der Waals surface area contributed by atoms with Crippen LogP contribution >= 0.6 is 11.6 Å². The number of oxime groups is 1. The van der Waals surface area contributed by atoms with Crippen molar-refractivity contribution >= 4 is 17.8 Å². The second kappa shape index (κ2) is 6.81. The maximum absolute atomic E-state index is 6.10. The van der Waals surface area contributed by atoms with Gasteiger partial charge in [0.15, 0.2) is 6.79 Å². The highest BCUT2D eigenvalue weighted by molar-refractivity contribution is 6.30. The van der Waals surface area contributed by atoms with Gasteiger partial charge in [0, 0.05) is 16.1 Å². The van der Waals surface area contributed by atoms with Gasteiger partial charge in [-0.3, -0.25) is 0 Å². The molecule has 0 atom stereocenters. The van der Waals surface area contributed by atoms with Crippen LogP contribution in [-0.4, -0.2) is 13.0 Å². The maximum atomic E-state index is 6.10. The molecule has 2 aromatic rings. The van der Waals surface area contributed by atoms with Gasteiger partial charge in [0.25, 0.3) is 0 Å². The van der Waals surface area contributed by atoms with Gasteiger partial charge in [-0.15, -0.1) is 0 Å². The van der Waals surface area contributed by atoms with Crippen molar-refractivity contribution in [3.63, 3.8) is 0 Å². The van der Waals surface area contributed by atoms with Crippen LogP contribution in [0.5, 0.6) is 5.75 Å². The first kappa shape index (κ1) is 14.9. The minimum absolute atomic E-state index is 0.244. The summed E-state index contributed by atoms with van der Waals surface area (Å²) in [7, 11) is 0. The van der Waals surface area contributed by atoms with E-state index in [-0.39, 0.29) is 6.79 Å². The first-order valence-electron chi connectivity index (χ1n) is 6.96. The van der Waals surface area contributed by atoms with Gasteiger partial charge in [-0.1, -0.05) is 46.6 Å². The highest BCUT2D eigenvalue weighted by Crippen LogP contribution is 2.32. The third-order valence-electron chi connectivity index (χ3n) is 3.33. The summed E-state index contributed by atoms with van der Waals surface area (Å²) in [5.74, 6) is 0.779. The summed E-state index contributed by atoms with van der Waals surface area (Å²) < 4.78 is 10.8. The van der Waals surface area contributed by atoms with Crippen LogP contribution < -0.4 is 4.74 Å². The van der Waals surface area contributed by atoms with Crippen LogP contribution in [0, 0.1) is 6.92 Å². The molecule has 0 spiro atoms. The second-order valence-electron chi connectivity index (χ2n) is 5.08. The van der Waals surface area contributed by atoms with Gasteiger partial charge in [-0.2, -0.15) is 0 Å². The lowest BCUT2D eigenvalue weighted by Crippen LogP contribution is -2.13. The fraction of sp³-hybridized carbons (Fsp3) is 0.235. The van der Waals surface area contributed by atoms with Crippen LogP contribution in [0.4, 0.5) is 0 Å². The Bertz CT molecular complexity index is 683. The van der Waals surface area contributed by atoms with Crippen molar-refractivity contribution in [2.45, 2.75) is 20.1 Å². The summed E-state index contributed by atoms with van der Waals surface area (Å²) in [5, 5.41) is 4.62. The largest absolute Gasteiger partial charge is 0.467 e. The second-order valence-corrected chi connectivity index (χ2v) is 5.52. The van der Waals surface area contributed by atoms with E-state index in [0.717, 1.165) is 22.4 Å². The molecule has 114 valence electrons. The summed E-state index contributed by atoms with van der Waals surface area (Å²) in [6.07, 6.45) is 1.68. The van der Waals surface area contributed by atoms with Crippen LogP contribution in [0.2, 0.25) is 5.02 Å². The number of benzene rings is 2. The van der Waals surface area contributed by atoms with E-state index in [2.05, 4.69) is 5.16 Å². The first-order chi connectivity index (χ1) is 10.7. The first-order valence-corrected chi connectivity index (χ1v) is 7.34. The number of rotatable bonds is 4. The molecule has 0 fully saturated rings. The average Bonchev–Trinajstić information content (AvgIpc) is 2.53. The number of hydrogen-bond donors (Lipinski definition) is 0. The van der Waals surface area contributed by atoms with Crippen molar-refractivity contribution in [1.29, 1.82) is 0 Å². The molecule has 5 heteroatoms. The van der Waals surface area contributed by atoms with E-state index in [4.69, 9.17) is 25.9 Å². The average molecular weight is 318 g/mol. The van der Waals surface area contributed by atoms with Crippen molar-refractivity contribution in [1.82, 2.24) is 0 Å². The molecular weight excluding hydrogens is 302 g/mol. The van der Waals surface area contributed by atoms with Crippen LogP contribution in [0.25, 0.3) is 0 Å². The third kappa shape index (κ3) is 3.59. The maximum Gasteiger partial charge on any atom is 0.189 e. The molecule has 0 radical (unpaired) electrons. The lowest BCUT2D eigenvalue weighted by Gasteiger charge is -2.20. The van der Waals surface area contributed by atoms with Gasteiger partial charge in [-0.05, 0) is 24.6 Å². The van der Waals surface area contributed by atoms with Crippen molar-refractivity contribution < 1.29 is 14.3 Å². The van der Waals surface area contributed by atoms with Gasteiger partial charge in [0.1, 0.15) is 12.4 Å². The Hall–Kier alpha value is -2.04. The summed E-state index contributed by atoms with van der Waals surface area (Å²) in [6, 6.07) is 11.7. The van der Waals surface area contributed by atoms with E-state index in [0.29, 0.717) is 18.2 Å². The Labute approximate surface area is 134 Å². The zero-order valence-electron chi connectivity index (χ0n) is 12.2. The fourth-order valence-electron chi connectivity index (χ4n) is 2.22. The molecule has 0 aliphatic carbocycles. The molecule has 1 heterocycles. The lowest BCUT2D eigenvalue weighted by atomic mass is 10.1. The molecule has 3 rings (SSSR count). The quantitative estimate of drug-likeness (QED) is 0.630. The molecular formula is C17H16ClNO3. The smallest absolute Gasteiger partial charge is 0.189 e. The van der Waals surface area contributed by atoms with E-state index in [1.807, 2.05) is 43.3 Å². The molecule has 1 aliphatic rings. The lowest BCUT2D eigenvalue weighted by molar-refractivity contribution is -0.0183. The zero-order valence-corrected chi connectivity index (χ0v) is 13.0. The molecule has 0 N–H and O–H groups in total. The van der Waals surface area contributed by atoms with E-state index in [9.17, 15) is 0 Å². The van der Waals surface area contributed by atoms with Crippen LogP contribution in [0.15, 0.2) is 41.6 Å². The number of ether oxygens (including phenoxy) is 2. The molecule has 0 saturated carbocycles. The van der Waals surface area contributed by atoms with Gasteiger partial charge in [0.2, 0.25) is 0 Å². The van der Waals surface area contributed by atoms with Crippen molar-refractivity contribution in [3.05, 3.63) is 63.7 Å². The van der Waals surface area contributed by atoms with Gasteiger partial charge >= 0.3 is 0 Å². The number of nitrogens with zero attached hydrogens (tertiary/aromatic N) is 1. The van der Waals surface area contributed by atoms with Crippen molar-refractivity contribution in [2.24, 2.45) is 5.16 Å². The molecule has 0 unspecified atom stereocenters. The van der Waals surface area contributed by atoms with E-state index < -0.39 is 0 Å². The van der Waals surface area contributed by atoms with E-state index in [1.54, 1.807) is 6.21 Å². The number of hydrogen-bond acceptors (Lipinski definition) is 4. The van der Waals surface area contributed by atoms with Crippen molar-refractivity contribution in [3.8, 4) is 5.75 Å². The Kier molecular flexibility index (Phi) is 4.61. The predicted octanol–water partition coefficient (Wildman–Crippen LogP) is 4.07. The number of aryl methyl sites for hydroxylation is 1. The van der Waals surface area contributed by atoms with Gasteiger partial charge in [-0.25, -0.2) is 0 Å². The topological polar surface area (TPSA) is 40.0 Å². The van der Waals surface area contributed by atoms with Crippen molar-refractivity contribution in [2.75, 3.05) is 6.79 Å². The monoisotopic (exact) mass is 317 g/mol. The Morgan fingerprint density at radius 2 is 2.09 bits per heavy atom. The van der Waals surface area contributed by atoms with E-state index >= 15 is 0 Å². The molecule has 2 aromatic carbocycles. The fourth-order valence-corrected chi connectivity index (χ4v) is 2.48. The predicted molar refractivity (Wildman–Crippen MR) is 85.3 cm³/mol. The summed E-state index contributed by atoms with van der Waals surface area (Å²) >= 11 is 6.10. The molecule has 0 amide bonds. The normalized spacial score (nSPS) is 13.7. The SMILES string of the molecule is Cc1ccc(/C=N\OCc2cc(Cl)cc3c2OCOC3)cc1.